The standard InChI is InChI=1S/C10H7Cl2IN2S/c11-6-1-2-8(13)9(3-6)14-4-7-5-15-10(12)16-7/h1-3,5,14H,4H2. The van der Waals surface area contributed by atoms with Crippen molar-refractivity contribution in [2.75, 3.05) is 5.32 Å². The Bertz CT molecular complexity index is 501. The van der Waals surface area contributed by atoms with E-state index in [9.17, 15) is 0 Å². The highest BCUT2D eigenvalue weighted by Gasteiger charge is 2.02. The molecule has 0 aliphatic rings. The number of aromatic nitrogens is 1. The second kappa shape index (κ2) is 5.53. The summed E-state index contributed by atoms with van der Waals surface area (Å²) in [5.74, 6) is 0. The van der Waals surface area contributed by atoms with E-state index in [0.717, 1.165) is 19.2 Å². The quantitative estimate of drug-likeness (QED) is 0.778. The number of nitrogens with one attached hydrogen (secondary N) is 1. The first kappa shape index (κ1) is 12.4. The van der Waals surface area contributed by atoms with Crippen LogP contribution in [0.2, 0.25) is 9.49 Å². The Morgan fingerprint density at radius 3 is 2.88 bits per heavy atom. The molecule has 16 heavy (non-hydrogen) atoms. The van der Waals surface area contributed by atoms with Gasteiger partial charge in [0.05, 0.1) is 6.54 Å². The van der Waals surface area contributed by atoms with E-state index in [2.05, 4.69) is 32.9 Å². The summed E-state index contributed by atoms with van der Waals surface area (Å²) in [4.78, 5) is 5.08. The molecule has 0 amide bonds. The van der Waals surface area contributed by atoms with Crippen LogP contribution in [0.15, 0.2) is 24.4 Å². The third kappa shape index (κ3) is 3.23. The van der Waals surface area contributed by atoms with Crippen LogP contribution >= 0.6 is 57.1 Å². The van der Waals surface area contributed by atoms with Crippen LogP contribution < -0.4 is 5.32 Å². The molecule has 0 saturated carbocycles. The van der Waals surface area contributed by atoms with Crippen LogP contribution in [0.5, 0.6) is 0 Å². The molecule has 6 heteroatoms. The van der Waals surface area contributed by atoms with E-state index in [1.807, 2.05) is 18.2 Å². The molecule has 1 N–H and O–H groups in total. The molecule has 1 heterocycles. The zero-order chi connectivity index (χ0) is 11.5. The van der Waals surface area contributed by atoms with Crippen molar-refractivity contribution in [2.45, 2.75) is 6.54 Å². The number of hydrogen-bond donors (Lipinski definition) is 1. The van der Waals surface area contributed by atoms with Gasteiger partial charge in [-0.1, -0.05) is 23.2 Å². The minimum Gasteiger partial charge on any atom is -0.379 e. The van der Waals surface area contributed by atoms with Gasteiger partial charge < -0.3 is 5.32 Å². The van der Waals surface area contributed by atoms with Gasteiger partial charge in [0.25, 0.3) is 0 Å². The van der Waals surface area contributed by atoms with Crippen molar-refractivity contribution in [1.29, 1.82) is 0 Å². The molecule has 0 unspecified atom stereocenters. The smallest absolute Gasteiger partial charge is 0.183 e. The summed E-state index contributed by atoms with van der Waals surface area (Å²) in [7, 11) is 0. The van der Waals surface area contributed by atoms with Gasteiger partial charge in [0.2, 0.25) is 0 Å². The molecule has 0 atom stereocenters. The number of hydrogen-bond acceptors (Lipinski definition) is 3. The Balaban J connectivity index is 2.07. The Morgan fingerprint density at radius 1 is 1.38 bits per heavy atom. The third-order valence-electron chi connectivity index (χ3n) is 1.91. The molecule has 2 aromatic rings. The molecular formula is C10H7Cl2IN2S. The summed E-state index contributed by atoms with van der Waals surface area (Å²) in [6, 6.07) is 5.76. The average molecular weight is 385 g/mol. The topological polar surface area (TPSA) is 24.9 Å². The van der Waals surface area contributed by atoms with Crippen molar-refractivity contribution >= 4 is 62.8 Å². The van der Waals surface area contributed by atoms with Crippen molar-refractivity contribution in [1.82, 2.24) is 4.98 Å². The fourth-order valence-electron chi connectivity index (χ4n) is 1.18. The average Bonchev–Trinajstić information content (AvgIpc) is 2.66. The summed E-state index contributed by atoms with van der Waals surface area (Å²) < 4.78 is 1.70. The molecule has 2 nitrogen and oxygen atoms in total. The third-order valence-corrected chi connectivity index (χ3v) is 4.20. The monoisotopic (exact) mass is 384 g/mol. The SMILES string of the molecule is Clc1ccc(I)c(NCc2cnc(Cl)s2)c1. The molecule has 0 spiro atoms. The minimum atomic E-state index is 0.567. The Labute approximate surface area is 121 Å². The van der Waals surface area contributed by atoms with Gasteiger partial charge in [-0.25, -0.2) is 4.98 Å². The molecule has 0 aliphatic carbocycles. The molecule has 0 fully saturated rings. The summed E-state index contributed by atoms with van der Waals surface area (Å²) in [5, 5.41) is 4.03. The highest BCUT2D eigenvalue weighted by molar-refractivity contribution is 14.1. The molecule has 0 aliphatic heterocycles. The first-order chi connectivity index (χ1) is 7.65. The first-order valence-corrected chi connectivity index (χ1v) is 7.09. The maximum absolute atomic E-state index is 5.93. The van der Waals surface area contributed by atoms with E-state index in [-0.39, 0.29) is 0 Å². The number of nitrogens with zero attached hydrogens (tertiary/aromatic N) is 1. The number of rotatable bonds is 3. The van der Waals surface area contributed by atoms with Crippen molar-refractivity contribution < 1.29 is 0 Å². The molecule has 2 rings (SSSR count). The summed E-state index contributed by atoms with van der Waals surface area (Å²) >= 11 is 15.4. The van der Waals surface area contributed by atoms with Gasteiger partial charge in [0.1, 0.15) is 0 Å². The van der Waals surface area contributed by atoms with Crippen LogP contribution in [0.25, 0.3) is 0 Å². The second-order valence-electron chi connectivity index (χ2n) is 3.06. The van der Waals surface area contributed by atoms with Crippen molar-refractivity contribution in [2.24, 2.45) is 0 Å². The second-order valence-corrected chi connectivity index (χ2v) is 6.35. The summed E-state index contributed by atoms with van der Waals surface area (Å²) in [6.45, 7) is 0.709. The molecule has 0 bridgehead atoms. The predicted octanol–water partition coefficient (Wildman–Crippen LogP) is 4.67. The van der Waals surface area contributed by atoms with Gasteiger partial charge in [-0.05, 0) is 40.8 Å². The lowest BCUT2D eigenvalue weighted by Gasteiger charge is -2.07. The zero-order valence-electron chi connectivity index (χ0n) is 8.01. The lowest BCUT2D eigenvalue weighted by Crippen LogP contribution is -1.99. The van der Waals surface area contributed by atoms with Gasteiger partial charge in [-0.2, -0.15) is 0 Å². The molecule has 1 aromatic heterocycles. The van der Waals surface area contributed by atoms with E-state index in [4.69, 9.17) is 23.2 Å². The fourth-order valence-corrected chi connectivity index (χ4v) is 2.80. The van der Waals surface area contributed by atoms with Crippen LogP contribution in [-0.2, 0) is 6.54 Å². The van der Waals surface area contributed by atoms with E-state index in [1.165, 1.54) is 11.3 Å². The van der Waals surface area contributed by atoms with Crippen molar-refractivity contribution in [3.05, 3.63) is 42.3 Å². The Kier molecular flexibility index (Phi) is 4.29. The van der Waals surface area contributed by atoms with Gasteiger partial charge in [0.15, 0.2) is 4.47 Å². The maximum Gasteiger partial charge on any atom is 0.183 e. The van der Waals surface area contributed by atoms with Gasteiger partial charge in [0, 0.05) is 25.4 Å². The van der Waals surface area contributed by atoms with Crippen molar-refractivity contribution in [3.8, 4) is 0 Å². The molecule has 84 valence electrons. The van der Waals surface area contributed by atoms with Gasteiger partial charge >= 0.3 is 0 Å². The molecule has 0 saturated heterocycles. The lowest BCUT2D eigenvalue weighted by atomic mass is 10.3. The molecule has 1 aromatic carbocycles. The Hall–Kier alpha value is -0.0400. The summed E-state index contributed by atoms with van der Waals surface area (Å²) in [6.07, 6.45) is 1.78. The van der Waals surface area contributed by atoms with E-state index >= 15 is 0 Å². The predicted molar refractivity (Wildman–Crippen MR) is 78.6 cm³/mol. The fraction of sp³-hybridized carbons (Fsp3) is 0.100. The number of halogens is 3. The minimum absolute atomic E-state index is 0.567. The van der Waals surface area contributed by atoms with E-state index in [0.29, 0.717) is 11.0 Å². The van der Waals surface area contributed by atoms with E-state index < -0.39 is 0 Å². The van der Waals surface area contributed by atoms with Crippen LogP contribution in [0.1, 0.15) is 4.88 Å². The first-order valence-electron chi connectivity index (χ1n) is 4.44. The summed E-state index contributed by atoms with van der Waals surface area (Å²) in [5.41, 5.74) is 1.03. The highest BCUT2D eigenvalue weighted by atomic mass is 127. The number of thiazole rings is 1. The normalized spacial score (nSPS) is 10.4. The largest absolute Gasteiger partial charge is 0.379 e. The van der Waals surface area contributed by atoms with Gasteiger partial charge in [-0.15, -0.1) is 11.3 Å². The Morgan fingerprint density at radius 2 is 2.19 bits per heavy atom. The van der Waals surface area contributed by atoms with Crippen LogP contribution in [0.4, 0.5) is 5.69 Å². The highest BCUT2D eigenvalue weighted by Crippen LogP contribution is 2.24. The lowest BCUT2D eigenvalue weighted by molar-refractivity contribution is 1.17. The maximum atomic E-state index is 5.93. The number of benzene rings is 1. The van der Waals surface area contributed by atoms with Crippen LogP contribution in [0.3, 0.4) is 0 Å². The zero-order valence-corrected chi connectivity index (χ0v) is 12.5. The van der Waals surface area contributed by atoms with Crippen molar-refractivity contribution in [3.63, 3.8) is 0 Å². The van der Waals surface area contributed by atoms with Crippen LogP contribution in [0, 0.1) is 3.57 Å². The molecule has 0 radical (unpaired) electrons. The number of anilines is 1. The molecular weight excluding hydrogens is 378 g/mol. The van der Waals surface area contributed by atoms with Crippen LogP contribution in [-0.4, -0.2) is 4.98 Å². The van der Waals surface area contributed by atoms with E-state index in [1.54, 1.807) is 6.20 Å². The van der Waals surface area contributed by atoms with Gasteiger partial charge in [-0.3, -0.25) is 0 Å².